The molecule has 1 aromatic heterocycles. The van der Waals surface area contributed by atoms with Gasteiger partial charge in [0.15, 0.2) is 0 Å². The van der Waals surface area contributed by atoms with Gasteiger partial charge in [-0.2, -0.15) is 4.98 Å². The summed E-state index contributed by atoms with van der Waals surface area (Å²) in [5.74, 6) is 3.40. The molecule has 1 heterocycles. The van der Waals surface area contributed by atoms with Crippen LogP contribution in [0.1, 0.15) is 38.2 Å². The number of ether oxygens (including phenoxy) is 1. The monoisotopic (exact) mass is 433 g/mol. The molecule has 1 saturated carbocycles. The number of nitrogens with one attached hydrogen (secondary N) is 2. The molecule has 0 unspecified atom stereocenters. The van der Waals surface area contributed by atoms with E-state index < -0.39 is 0 Å². The zero-order valence-electron chi connectivity index (χ0n) is 19.5. The third kappa shape index (κ3) is 5.49. The predicted molar refractivity (Wildman–Crippen MR) is 133 cm³/mol. The number of para-hydroxylation sites is 2. The fourth-order valence-electron chi connectivity index (χ4n) is 4.52. The fraction of sp³-hybridized carbons (Fsp3) is 0.462. The Kier molecular flexibility index (Phi) is 7.43. The minimum atomic E-state index is 0.432. The van der Waals surface area contributed by atoms with E-state index in [4.69, 9.17) is 14.7 Å². The number of hydrogen-bond acceptors (Lipinski definition) is 6. The van der Waals surface area contributed by atoms with Gasteiger partial charge in [-0.3, -0.25) is 0 Å². The summed E-state index contributed by atoms with van der Waals surface area (Å²) in [4.78, 5) is 11.6. The van der Waals surface area contributed by atoms with Crippen LogP contribution in [0.5, 0.6) is 5.75 Å². The van der Waals surface area contributed by atoms with Gasteiger partial charge < -0.3 is 20.3 Å². The Bertz CT molecular complexity index is 1010. The summed E-state index contributed by atoms with van der Waals surface area (Å²) >= 11 is 0. The highest BCUT2D eigenvalue weighted by Crippen LogP contribution is 2.28. The van der Waals surface area contributed by atoms with Crippen LogP contribution in [-0.4, -0.2) is 43.3 Å². The number of aromatic nitrogens is 2. The molecule has 0 saturated heterocycles. The van der Waals surface area contributed by atoms with Crippen molar-refractivity contribution >= 4 is 22.7 Å². The number of anilines is 2. The van der Waals surface area contributed by atoms with Crippen LogP contribution in [0.2, 0.25) is 0 Å². The van der Waals surface area contributed by atoms with Crippen LogP contribution >= 0.6 is 0 Å². The van der Waals surface area contributed by atoms with Gasteiger partial charge in [-0.1, -0.05) is 30.3 Å². The van der Waals surface area contributed by atoms with E-state index in [0.717, 1.165) is 54.3 Å². The van der Waals surface area contributed by atoms with Crippen LogP contribution in [0, 0.1) is 5.92 Å². The van der Waals surface area contributed by atoms with Gasteiger partial charge >= 0.3 is 0 Å². The topological polar surface area (TPSA) is 62.3 Å². The Hall–Kier alpha value is -2.86. The van der Waals surface area contributed by atoms with Gasteiger partial charge in [-0.25, -0.2) is 4.98 Å². The lowest BCUT2D eigenvalue weighted by atomic mass is 9.86. The molecule has 4 rings (SSSR count). The van der Waals surface area contributed by atoms with Crippen LogP contribution in [0.25, 0.3) is 10.9 Å². The third-order valence-corrected chi connectivity index (χ3v) is 6.21. The Morgan fingerprint density at radius 1 is 0.969 bits per heavy atom. The molecule has 32 heavy (non-hydrogen) atoms. The van der Waals surface area contributed by atoms with Crippen molar-refractivity contribution in [2.24, 2.45) is 5.92 Å². The minimum absolute atomic E-state index is 0.432. The van der Waals surface area contributed by atoms with E-state index in [-0.39, 0.29) is 0 Å². The van der Waals surface area contributed by atoms with Gasteiger partial charge in [0.1, 0.15) is 11.6 Å². The van der Waals surface area contributed by atoms with E-state index in [2.05, 4.69) is 39.8 Å². The number of hydrogen-bond donors (Lipinski definition) is 2. The molecule has 6 nitrogen and oxygen atoms in total. The van der Waals surface area contributed by atoms with Crippen molar-refractivity contribution in [3.8, 4) is 5.75 Å². The predicted octanol–water partition coefficient (Wildman–Crippen LogP) is 4.86. The fourth-order valence-corrected chi connectivity index (χ4v) is 4.52. The lowest BCUT2D eigenvalue weighted by molar-refractivity contribution is 0.318. The second kappa shape index (κ2) is 10.6. The molecule has 0 radical (unpaired) electrons. The Morgan fingerprint density at radius 2 is 1.72 bits per heavy atom. The van der Waals surface area contributed by atoms with Crippen molar-refractivity contribution in [1.82, 2.24) is 15.3 Å². The molecule has 170 valence electrons. The maximum absolute atomic E-state index is 5.74. The largest absolute Gasteiger partial charge is 0.494 e. The first-order chi connectivity index (χ1) is 15.6. The Balaban J connectivity index is 1.28. The smallest absolute Gasteiger partial charge is 0.225 e. The third-order valence-electron chi connectivity index (χ3n) is 6.21. The van der Waals surface area contributed by atoms with E-state index in [1.54, 1.807) is 0 Å². The first kappa shape index (κ1) is 22.3. The summed E-state index contributed by atoms with van der Waals surface area (Å²) in [5.41, 5.74) is 2.22. The zero-order valence-corrected chi connectivity index (χ0v) is 19.5. The van der Waals surface area contributed by atoms with Crippen molar-refractivity contribution in [2.45, 2.75) is 45.2 Å². The molecule has 0 aliphatic heterocycles. The van der Waals surface area contributed by atoms with Crippen molar-refractivity contribution in [2.75, 3.05) is 37.5 Å². The highest BCUT2D eigenvalue weighted by Gasteiger charge is 2.22. The molecule has 1 aliphatic rings. The van der Waals surface area contributed by atoms with Crippen LogP contribution in [-0.2, 0) is 6.54 Å². The van der Waals surface area contributed by atoms with Gasteiger partial charge in [0.25, 0.3) is 0 Å². The van der Waals surface area contributed by atoms with Crippen LogP contribution in [0.4, 0.5) is 11.8 Å². The summed E-state index contributed by atoms with van der Waals surface area (Å²) in [6.45, 7) is 4.63. The second-order valence-corrected chi connectivity index (χ2v) is 8.82. The molecular formula is C26H35N5O. The molecule has 0 spiro atoms. The molecule has 1 fully saturated rings. The van der Waals surface area contributed by atoms with Gasteiger partial charge in [0.2, 0.25) is 5.95 Å². The normalized spacial score (nSPS) is 18.5. The van der Waals surface area contributed by atoms with Gasteiger partial charge in [-0.05, 0) is 63.3 Å². The summed E-state index contributed by atoms with van der Waals surface area (Å²) in [6, 6.07) is 16.9. The molecule has 2 N–H and O–H groups in total. The summed E-state index contributed by atoms with van der Waals surface area (Å²) in [5, 5.41) is 8.34. The van der Waals surface area contributed by atoms with Crippen molar-refractivity contribution < 1.29 is 4.74 Å². The highest BCUT2D eigenvalue weighted by atomic mass is 16.5. The van der Waals surface area contributed by atoms with Crippen molar-refractivity contribution in [3.05, 3.63) is 54.1 Å². The summed E-state index contributed by atoms with van der Waals surface area (Å²) < 4.78 is 5.74. The second-order valence-electron chi connectivity index (χ2n) is 8.82. The average molecular weight is 434 g/mol. The Morgan fingerprint density at radius 3 is 2.50 bits per heavy atom. The SMILES string of the molecule is CCOc1ccccc1CNC[C@H]1CC[C@@H](Nc2nc(N(C)C)c3ccccc3n2)CC1. The first-order valence-corrected chi connectivity index (χ1v) is 11.8. The lowest BCUT2D eigenvalue weighted by Crippen LogP contribution is -2.31. The van der Waals surface area contributed by atoms with E-state index >= 15 is 0 Å². The zero-order chi connectivity index (χ0) is 22.3. The van der Waals surface area contributed by atoms with Crippen molar-refractivity contribution in [3.63, 3.8) is 0 Å². The minimum Gasteiger partial charge on any atom is -0.494 e. The van der Waals surface area contributed by atoms with Crippen LogP contribution in [0.3, 0.4) is 0 Å². The van der Waals surface area contributed by atoms with E-state index in [9.17, 15) is 0 Å². The van der Waals surface area contributed by atoms with E-state index in [1.807, 2.05) is 45.3 Å². The van der Waals surface area contributed by atoms with Gasteiger partial charge in [0.05, 0.1) is 12.1 Å². The van der Waals surface area contributed by atoms with Crippen LogP contribution in [0.15, 0.2) is 48.5 Å². The molecule has 6 heteroatoms. The van der Waals surface area contributed by atoms with Crippen LogP contribution < -0.4 is 20.3 Å². The quantitative estimate of drug-likeness (QED) is 0.503. The number of nitrogens with zero attached hydrogens (tertiary/aromatic N) is 3. The molecule has 0 amide bonds. The van der Waals surface area contributed by atoms with E-state index in [1.165, 1.54) is 18.4 Å². The van der Waals surface area contributed by atoms with Gasteiger partial charge in [-0.15, -0.1) is 0 Å². The average Bonchev–Trinajstić information content (AvgIpc) is 2.81. The molecule has 0 atom stereocenters. The molecule has 2 aromatic carbocycles. The number of fused-ring (bicyclic) bond motifs is 1. The van der Waals surface area contributed by atoms with Crippen molar-refractivity contribution in [1.29, 1.82) is 0 Å². The highest BCUT2D eigenvalue weighted by molar-refractivity contribution is 5.90. The molecule has 1 aliphatic carbocycles. The van der Waals surface area contributed by atoms with Gasteiger partial charge in [0, 0.05) is 37.6 Å². The lowest BCUT2D eigenvalue weighted by Gasteiger charge is -2.29. The number of benzene rings is 2. The molecule has 3 aromatic rings. The summed E-state index contributed by atoms with van der Waals surface area (Å²) in [7, 11) is 4.06. The maximum atomic E-state index is 5.74. The molecule has 0 bridgehead atoms. The number of rotatable bonds is 9. The summed E-state index contributed by atoms with van der Waals surface area (Å²) in [6.07, 6.45) is 4.72. The first-order valence-electron chi connectivity index (χ1n) is 11.8. The standard InChI is InChI=1S/C26H35N5O/c1-4-32-24-12-8-5-9-20(24)18-27-17-19-13-15-21(16-14-19)28-26-29-23-11-7-6-10-22(23)25(30-26)31(2)3/h5-12,19,21,27H,4,13-18H2,1-3H3,(H,28,29,30)/t19-,21+. The maximum Gasteiger partial charge on any atom is 0.225 e. The Labute approximate surface area is 191 Å². The van der Waals surface area contributed by atoms with E-state index in [0.29, 0.717) is 18.6 Å². The molecular weight excluding hydrogens is 398 g/mol.